The van der Waals surface area contributed by atoms with Gasteiger partial charge < -0.3 is 20.6 Å². The molecule has 0 aliphatic rings. The summed E-state index contributed by atoms with van der Waals surface area (Å²) in [4.78, 5) is 21.8. The van der Waals surface area contributed by atoms with Crippen LogP contribution in [0.1, 0.15) is 10.4 Å². The van der Waals surface area contributed by atoms with Crippen molar-refractivity contribution >= 4 is 23.2 Å². The molecule has 9 heteroatoms. The molecule has 20 heavy (non-hydrogen) atoms. The summed E-state index contributed by atoms with van der Waals surface area (Å²) < 4.78 is 0. The first-order chi connectivity index (χ1) is 9.39. The van der Waals surface area contributed by atoms with Gasteiger partial charge in [-0.25, -0.2) is 0 Å². The van der Waals surface area contributed by atoms with Crippen LogP contribution in [0.15, 0.2) is 18.2 Å². The molecule has 1 amide bonds. The summed E-state index contributed by atoms with van der Waals surface area (Å²) in [7, 11) is 0. The predicted molar refractivity (Wildman–Crippen MR) is 69.6 cm³/mol. The van der Waals surface area contributed by atoms with Crippen LogP contribution >= 0.6 is 11.6 Å². The van der Waals surface area contributed by atoms with Gasteiger partial charge >= 0.3 is 0 Å². The first-order valence-electron chi connectivity index (χ1n) is 5.48. The quantitative estimate of drug-likeness (QED) is 0.421. The van der Waals surface area contributed by atoms with Gasteiger partial charge in [0.15, 0.2) is 0 Å². The summed E-state index contributed by atoms with van der Waals surface area (Å²) in [6.07, 6.45) is 0. The summed E-state index contributed by atoms with van der Waals surface area (Å²) in [6, 6.07) is 3.25. The Morgan fingerprint density at radius 3 is 2.25 bits per heavy atom. The van der Waals surface area contributed by atoms with Crippen molar-refractivity contribution in [3.05, 3.63) is 38.9 Å². The number of aliphatic hydroxyl groups excluding tert-OH is 3. The Morgan fingerprint density at radius 1 is 1.30 bits per heavy atom. The van der Waals surface area contributed by atoms with Gasteiger partial charge in [-0.05, 0) is 6.07 Å². The molecule has 0 aromatic heterocycles. The van der Waals surface area contributed by atoms with Gasteiger partial charge in [0.2, 0.25) is 0 Å². The van der Waals surface area contributed by atoms with Gasteiger partial charge in [-0.1, -0.05) is 11.6 Å². The minimum Gasteiger partial charge on any atom is -0.394 e. The first-order valence-corrected chi connectivity index (χ1v) is 5.86. The van der Waals surface area contributed by atoms with Crippen molar-refractivity contribution in [2.45, 2.75) is 5.54 Å². The standard InChI is InChI=1S/C11H13ClN2O6/c12-9-3-7(14(19)20)1-2-8(9)10(18)13-11(4-15,5-16)6-17/h1-3,15-17H,4-6H2,(H,13,18). The number of carbonyl (C=O) groups excluding carboxylic acids is 1. The van der Waals surface area contributed by atoms with E-state index in [1.165, 1.54) is 0 Å². The lowest BCUT2D eigenvalue weighted by Gasteiger charge is -2.28. The van der Waals surface area contributed by atoms with Crippen molar-refractivity contribution < 1.29 is 25.0 Å². The Morgan fingerprint density at radius 2 is 1.85 bits per heavy atom. The Hall–Kier alpha value is -1.74. The van der Waals surface area contributed by atoms with Crippen LogP contribution < -0.4 is 5.32 Å². The molecule has 1 aromatic carbocycles. The van der Waals surface area contributed by atoms with Crippen LogP contribution in [0.25, 0.3) is 0 Å². The monoisotopic (exact) mass is 304 g/mol. The highest BCUT2D eigenvalue weighted by Gasteiger charge is 2.31. The maximum atomic E-state index is 11.9. The van der Waals surface area contributed by atoms with Gasteiger partial charge in [-0.3, -0.25) is 14.9 Å². The van der Waals surface area contributed by atoms with Crippen LogP contribution in [-0.4, -0.2) is 51.5 Å². The molecule has 0 bridgehead atoms. The van der Waals surface area contributed by atoms with E-state index in [0.717, 1.165) is 18.2 Å². The molecule has 0 fully saturated rings. The molecule has 0 aliphatic carbocycles. The fraction of sp³-hybridized carbons (Fsp3) is 0.364. The van der Waals surface area contributed by atoms with Crippen molar-refractivity contribution in [3.8, 4) is 0 Å². The van der Waals surface area contributed by atoms with E-state index in [2.05, 4.69) is 5.32 Å². The average molecular weight is 305 g/mol. The number of hydrogen-bond donors (Lipinski definition) is 4. The number of benzene rings is 1. The molecule has 0 radical (unpaired) electrons. The second kappa shape index (κ2) is 6.62. The van der Waals surface area contributed by atoms with Crippen molar-refractivity contribution in [3.63, 3.8) is 0 Å². The summed E-state index contributed by atoms with van der Waals surface area (Å²) >= 11 is 5.77. The highest BCUT2D eigenvalue weighted by atomic mass is 35.5. The van der Waals surface area contributed by atoms with Crippen LogP contribution in [-0.2, 0) is 0 Å². The molecule has 0 atom stereocenters. The number of nitrogens with one attached hydrogen (secondary N) is 1. The van der Waals surface area contributed by atoms with Gasteiger partial charge in [0.1, 0.15) is 5.54 Å². The van der Waals surface area contributed by atoms with Crippen molar-refractivity contribution in [2.75, 3.05) is 19.8 Å². The molecule has 110 valence electrons. The summed E-state index contributed by atoms with van der Waals surface area (Å²) in [5.41, 5.74) is -1.94. The topological polar surface area (TPSA) is 133 Å². The normalized spacial score (nSPS) is 11.2. The number of aliphatic hydroxyl groups is 3. The largest absolute Gasteiger partial charge is 0.394 e. The molecule has 0 saturated carbocycles. The summed E-state index contributed by atoms with van der Waals surface area (Å²) in [5.74, 6) is -0.776. The number of nitro groups is 1. The number of rotatable bonds is 6. The zero-order valence-corrected chi connectivity index (χ0v) is 11.0. The second-order valence-electron chi connectivity index (χ2n) is 4.13. The van der Waals surface area contributed by atoms with E-state index in [9.17, 15) is 14.9 Å². The van der Waals surface area contributed by atoms with Gasteiger partial charge in [0.25, 0.3) is 11.6 Å². The third kappa shape index (κ3) is 3.42. The fourth-order valence-electron chi connectivity index (χ4n) is 1.38. The van der Waals surface area contributed by atoms with E-state index >= 15 is 0 Å². The zero-order valence-electron chi connectivity index (χ0n) is 10.2. The lowest BCUT2D eigenvalue weighted by Crippen LogP contribution is -2.57. The van der Waals surface area contributed by atoms with E-state index in [4.69, 9.17) is 26.9 Å². The smallest absolute Gasteiger partial charge is 0.270 e. The molecule has 0 spiro atoms. The summed E-state index contributed by atoms with van der Waals surface area (Å²) in [6.45, 7) is -2.05. The molecule has 1 aromatic rings. The molecular weight excluding hydrogens is 292 g/mol. The van der Waals surface area contributed by atoms with Gasteiger partial charge in [-0.15, -0.1) is 0 Å². The Labute approximate surface area is 118 Å². The van der Waals surface area contributed by atoms with Crippen LogP contribution in [0.3, 0.4) is 0 Å². The minimum atomic E-state index is -1.60. The Kier molecular flexibility index (Phi) is 5.40. The lowest BCUT2D eigenvalue weighted by molar-refractivity contribution is -0.384. The third-order valence-electron chi connectivity index (χ3n) is 2.69. The highest BCUT2D eigenvalue weighted by Crippen LogP contribution is 2.22. The maximum Gasteiger partial charge on any atom is 0.270 e. The molecule has 0 saturated heterocycles. The summed E-state index contributed by atoms with van der Waals surface area (Å²) in [5, 5.41) is 39.9. The average Bonchev–Trinajstić information content (AvgIpc) is 2.44. The SMILES string of the molecule is O=C(NC(CO)(CO)CO)c1ccc([N+](=O)[O-])cc1Cl. The van der Waals surface area contributed by atoms with Crippen LogP contribution in [0.2, 0.25) is 5.02 Å². The van der Waals surface area contributed by atoms with Crippen LogP contribution in [0.5, 0.6) is 0 Å². The number of non-ortho nitro benzene ring substituents is 1. The Balaban J connectivity index is 3.01. The van der Waals surface area contributed by atoms with Crippen LogP contribution in [0, 0.1) is 10.1 Å². The molecular formula is C11H13ClN2O6. The van der Waals surface area contributed by atoms with Crippen molar-refractivity contribution in [1.82, 2.24) is 5.32 Å². The van der Waals surface area contributed by atoms with E-state index in [1.807, 2.05) is 0 Å². The second-order valence-corrected chi connectivity index (χ2v) is 4.54. The van der Waals surface area contributed by atoms with E-state index in [-0.39, 0.29) is 16.3 Å². The predicted octanol–water partition coefficient (Wildman–Crippen LogP) is -0.306. The fourth-order valence-corrected chi connectivity index (χ4v) is 1.64. The lowest BCUT2D eigenvalue weighted by atomic mass is 10.0. The number of nitro benzene ring substituents is 1. The number of amides is 1. The highest BCUT2D eigenvalue weighted by molar-refractivity contribution is 6.34. The molecule has 0 unspecified atom stereocenters. The van der Waals surface area contributed by atoms with Crippen LogP contribution in [0.4, 0.5) is 5.69 Å². The number of carbonyl (C=O) groups is 1. The van der Waals surface area contributed by atoms with E-state index in [1.54, 1.807) is 0 Å². The number of halogens is 1. The maximum absolute atomic E-state index is 11.9. The third-order valence-corrected chi connectivity index (χ3v) is 3.01. The van der Waals surface area contributed by atoms with Gasteiger partial charge in [-0.2, -0.15) is 0 Å². The van der Waals surface area contributed by atoms with Gasteiger partial charge in [0.05, 0.1) is 35.3 Å². The Bertz CT molecular complexity index is 509. The van der Waals surface area contributed by atoms with Crippen molar-refractivity contribution in [1.29, 1.82) is 0 Å². The minimum absolute atomic E-state index is 0.0722. The first kappa shape index (κ1) is 16.3. The van der Waals surface area contributed by atoms with Gasteiger partial charge in [0, 0.05) is 12.1 Å². The van der Waals surface area contributed by atoms with Crippen molar-refractivity contribution in [2.24, 2.45) is 0 Å². The van der Waals surface area contributed by atoms with E-state index < -0.39 is 36.2 Å². The molecule has 0 aliphatic heterocycles. The molecule has 4 N–H and O–H groups in total. The zero-order chi connectivity index (χ0) is 15.3. The van der Waals surface area contributed by atoms with E-state index in [0.29, 0.717) is 0 Å². The number of nitrogens with zero attached hydrogens (tertiary/aromatic N) is 1. The molecule has 8 nitrogen and oxygen atoms in total. The molecule has 1 rings (SSSR count). The molecule has 0 heterocycles. The number of hydrogen-bond acceptors (Lipinski definition) is 6.